The molecule has 0 aromatic rings. The minimum absolute atomic E-state index is 0.0174. The molecule has 0 N–H and O–H groups in total. The topological polar surface area (TPSA) is 26.3 Å². The van der Waals surface area contributed by atoms with E-state index in [0.29, 0.717) is 13.0 Å². The maximum atomic E-state index is 11.9. The van der Waals surface area contributed by atoms with Crippen LogP contribution in [0.25, 0.3) is 0 Å². The minimum Gasteiger partial charge on any atom is -0.466 e. The maximum Gasteiger partial charge on any atom is 0.305 e. The van der Waals surface area contributed by atoms with Crippen LogP contribution in [-0.2, 0) is 9.53 Å². The Morgan fingerprint density at radius 3 is 1.23 bits per heavy atom. The fourth-order valence-corrected chi connectivity index (χ4v) is 4.72. The van der Waals surface area contributed by atoms with Gasteiger partial charge in [0, 0.05) is 6.42 Å². The van der Waals surface area contributed by atoms with Crippen LogP contribution in [0.2, 0.25) is 0 Å². The van der Waals surface area contributed by atoms with Crippen molar-refractivity contribution in [1.82, 2.24) is 0 Å². The Morgan fingerprint density at radius 2 is 0.800 bits per heavy atom. The van der Waals surface area contributed by atoms with E-state index in [1.165, 1.54) is 154 Å². The molecule has 0 fully saturated rings. The highest BCUT2D eigenvalue weighted by Gasteiger charge is 2.02. The molecule has 0 rings (SSSR count). The van der Waals surface area contributed by atoms with Crippen molar-refractivity contribution in [3.63, 3.8) is 0 Å². The molecule has 35 heavy (non-hydrogen) atoms. The Bertz CT molecular complexity index is 429. The first kappa shape index (κ1) is 34.2. The first-order chi connectivity index (χ1) is 17.3. The van der Waals surface area contributed by atoms with Crippen LogP contribution in [0.4, 0.5) is 0 Å². The molecular formula is C33H64O2. The smallest absolute Gasteiger partial charge is 0.305 e. The lowest BCUT2D eigenvalue weighted by Gasteiger charge is -2.05. The predicted octanol–water partition coefficient (Wildman–Crippen LogP) is 11.7. The molecule has 2 nitrogen and oxygen atoms in total. The zero-order chi connectivity index (χ0) is 25.5. The van der Waals surface area contributed by atoms with Gasteiger partial charge >= 0.3 is 5.97 Å². The van der Waals surface area contributed by atoms with Gasteiger partial charge in [-0.1, -0.05) is 154 Å². The molecule has 0 bridgehead atoms. The summed E-state index contributed by atoms with van der Waals surface area (Å²) < 4.78 is 5.41. The second-order valence-electron chi connectivity index (χ2n) is 10.8. The number of rotatable bonds is 29. The zero-order valence-electron chi connectivity index (χ0n) is 24.3. The third kappa shape index (κ3) is 31.2. The fourth-order valence-electron chi connectivity index (χ4n) is 4.72. The highest BCUT2D eigenvalue weighted by molar-refractivity contribution is 5.69. The largest absolute Gasteiger partial charge is 0.466 e. The molecule has 0 aliphatic rings. The standard InChI is InChI=1S/C33H64O2/c1-3-5-7-9-11-13-15-17-18-19-21-23-25-27-29-31-33(34)35-32-30-28-26-24-22-20-16-14-12-10-8-6-4-2/h15,17H,3-14,16,18-32H2,1-2H3. The molecule has 0 saturated heterocycles. The summed E-state index contributed by atoms with van der Waals surface area (Å²) >= 11 is 0. The SMILES string of the molecule is CCCCCCCC=CCCCCCCCCC(=O)OCCCCCCCCCCCCCCC. The van der Waals surface area contributed by atoms with Crippen LogP contribution in [0.3, 0.4) is 0 Å². The van der Waals surface area contributed by atoms with E-state index in [1.54, 1.807) is 0 Å². The van der Waals surface area contributed by atoms with Crippen molar-refractivity contribution in [1.29, 1.82) is 0 Å². The molecule has 0 aromatic carbocycles. The number of esters is 1. The average Bonchev–Trinajstić information content (AvgIpc) is 2.86. The molecule has 0 spiro atoms. The van der Waals surface area contributed by atoms with Gasteiger partial charge in [0.2, 0.25) is 0 Å². The Morgan fingerprint density at radius 1 is 0.457 bits per heavy atom. The lowest BCUT2D eigenvalue weighted by molar-refractivity contribution is -0.143. The molecule has 0 aromatic heterocycles. The van der Waals surface area contributed by atoms with Crippen LogP contribution in [0.5, 0.6) is 0 Å². The average molecular weight is 493 g/mol. The maximum absolute atomic E-state index is 11.9. The number of ether oxygens (including phenoxy) is 1. The van der Waals surface area contributed by atoms with Gasteiger partial charge in [-0.2, -0.15) is 0 Å². The molecule has 0 saturated carbocycles. The highest BCUT2D eigenvalue weighted by atomic mass is 16.5. The van der Waals surface area contributed by atoms with Gasteiger partial charge in [0.15, 0.2) is 0 Å². The summed E-state index contributed by atoms with van der Waals surface area (Å²) in [6, 6.07) is 0. The Balaban J connectivity index is 3.18. The number of hydrogen-bond donors (Lipinski definition) is 0. The van der Waals surface area contributed by atoms with Crippen LogP contribution < -0.4 is 0 Å². The van der Waals surface area contributed by atoms with Gasteiger partial charge < -0.3 is 4.74 Å². The van der Waals surface area contributed by atoms with Gasteiger partial charge in [-0.25, -0.2) is 0 Å². The Labute approximate surface area is 221 Å². The molecule has 0 aliphatic heterocycles. The van der Waals surface area contributed by atoms with Gasteiger partial charge in [0.25, 0.3) is 0 Å². The van der Waals surface area contributed by atoms with Crippen molar-refractivity contribution in [3.8, 4) is 0 Å². The zero-order valence-corrected chi connectivity index (χ0v) is 24.3. The van der Waals surface area contributed by atoms with Crippen molar-refractivity contribution in [2.45, 2.75) is 187 Å². The summed E-state index contributed by atoms with van der Waals surface area (Å²) in [5.41, 5.74) is 0. The quantitative estimate of drug-likeness (QED) is 0.0589. The van der Waals surface area contributed by atoms with E-state index >= 15 is 0 Å². The van der Waals surface area contributed by atoms with Crippen LogP contribution in [0.15, 0.2) is 12.2 Å². The van der Waals surface area contributed by atoms with Crippen LogP contribution in [-0.4, -0.2) is 12.6 Å². The number of hydrogen-bond acceptors (Lipinski definition) is 2. The van der Waals surface area contributed by atoms with Gasteiger partial charge in [0.05, 0.1) is 6.61 Å². The van der Waals surface area contributed by atoms with E-state index in [0.717, 1.165) is 12.8 Å². The highest BCUT2D eigenvalue weighted by Crippen LogP contribution is 2.13. The number of carbonyl (C=O) groups excluding carboxylic acids is 1. The first-order valence-corrected chi connectivity index (χ1v) is 16.1. The van der Waals surface area contributed by atoms with Crippen LogP contribution in [0, 0.1) is 0 Å². The molecule has 0 unspecified atom stereocenters. The molecule has 0 atom stereocenters. The first-order valence-electron chi connectivity index (χ1n) is 16.1. The monoisotopic (exact) mass is 492 g/mol. The second-order valence-corrected chi connectivity index (χ2v) is 10.8. The van der Waals surface area contributed by atoms with Gasteiger partial charge in [-0.05, 0) is 38.5 Å². The molecule has 0 amide bonds. The van der Waals surface area contributed by atoms with Crippen molar-refractivity contribution >= 4 is 5.97 Å². The third-order valence-corrected chi connectivity index (χ3v) is 7.15. The number of unbranched alkanes of at least 4 members (excludes halogenated alkanes) is 23. The van der Waals surface area contributed by atoms with E-state index in [9.17, 15) is 4.79 Å². The van der Waals surface area contributed by atoms with Crippen LogP contribution in [0.1, 0.15) is 187 Å². The number of allylic oxidation sites excluding steroid dienone is 2. The van der Waals surface area contributed by atoms with Crippen molar-refractivity contribution in [3.05, 3.63) is 12.2 Å². The third-order valence-electron chi connectivity index (χ3n) is 7.15. The van der Waals surface area contributed by atoms with E-state index in [1.807, 2.05) is 0 Å². The van der Waals surface area contributed by atoms with Crippen molar-refractivity contribution in [2.75, 3.05) is 6.61 Å². The summed E-state index contributed by atoms with van der Waals surface area (Å²) in [7, 11) is 0. The van der Waals surface area contributed by atoms with Gasteiger partial charge in [-0.15, -0.1) is 0 Å². The molecule has 0 aliphatic carbocycles. The minimum atomic E-state index is 0.0174. The molecular weight excluding hydrogens is 428 g/mol. The Kier molecular flexibility index (Phi) is 30.5. The summed E-state index contributed by atoms with van der Waals surface area (Å²) in [5, 5.41) is 0. The van der Waals surface area contributed by atoms with Crippen LogP contribution >= 0.6 is 0 Å². The van der Waals surface area contributed by atoms with E-state index in [2.05, 4.69) is 26.0 Å². The molecule has 208 valence electrons. The molecule has 2 heteroatoms. The van der Waals surface area contributed by atoms with Gasteiger partial charge in [0.1, 0.15) is 0 Å². The lowest BCUT2D eigenvalue weighted by atomic mass is 10.0. The lowest BCUT2D eigenvalue weighted by Crippen LogP contribution is -2.05. The van der Waals surface area contributed by atoms with E-state index < -0.39 is 0 Å². The van der Waals surface area contributed by atoms with Gasteiger partial charge in [-0.3, -0.25) is 4.79 Å². The van der Waals surface area contributed by atoms with Crippen molar-refractivity contribution in [2.24, 2.45) is 0 Å². The second kappa shape index (κ2) is 31.2. The molecule has 0 radical (unpaired) electrons. The molecule has 0 heterocycles. The number of carbonyl (C=O) groups is 1. The summed E-state index contributed by atoms with van der Waals surface area (Å²) in [4.78, 5) is 11.9. The summed E-state index contributed by atoms with van der Waals surface area (Å²) in [6.45, 7) is 5.18. The fraction of sp³-hybridized carbons (Fsp3) is 0.909. The van der Waals surface area contributed by atoms with E-state index in [-0.39, 0.29) is 5.97 Å². The summed E-state index contributed by atoms with van der Waals surface area (Å²) in [6.07, 6.45) is 39.7. The van der Waals surface area contributed by atoms with E-state index in [4.69, 9.17) is 4.74 Å². The normalized spacial score (nSPS) is 11.5. The predicted molar refractivity (Wildman–Crippen MR) is 156 cm³/mol. The van der Waals surface area contributed by atoms with Crippen molar-refractivity contribution < 1.29 is 9.53 Å². The summed E-state index contributed by atoms with van der Waals surface area (Å²) in [5.74, 6) is 0.0174. The Hall–Kier alpha value is -0.790.